The first kappa shape index (κ1) is 29.0. The monoisotopic (exact) mass is 600 g/mol. The summed E-state index contributed by atoms with van der Waals surface area (Å²) in [6, 6.07) is 16.1. The van der Waals surface area contributed by atoms with Gasteiger partial charge in [0.25, 0.3) is 0 Å². The number of benzene rings is 2. The Bertz CT molecular complexity index is 1650. The summed E-state index contributed by atoms with van der Waals surface area (Å²) < 4.78 is 0.517. The maximum Gasteiger partial charge on any atom is 0.335 e. The largest absolute Gasteiger partial charge is 0.478 e. The Kier molecular flexibility index (Phi) is 8.42. The minimum Gasteiger partial charge on any atom is -0.478 e. The van der Waals surface area contributed by atoms with Crippen molar-refractivity contribution in [2.45, 2.75) is 49.3 Å². The summed E-state index contributed by atoms with van der Waals surface area (Å²) in [5.74, 6) is -1.28. The lowest BCUT2D eigenvalue weighted by molar-refractivity contribution is -0.116. The molecule has 42 heavy (non-hydrogen) atoms. The van der Waals surface area contributed by atoms with Crippen molar-refractivity contribution in [3.63, 3.8) is 0 Å². The molecular weight excluding hydrogens is 573 g/mol. The molecule has 0 radical (unpaired) electrons. The third kappa shape index (κ3) is 5.79. The van der Waals surface area contributed by atoms with Gasteiger partial charge in [0.2, 0.25) is 11.0 Å². The second-order valence-electron chi connectivity index (χ2n) is 10.2. The molecule has 0 saturated heterocycles. The Morgan fingerprint density at radius 3 is 2.52 bits per heavy atom. The highest BCUT2D eigenvalue weighted by atomic mass is 32.2. The second-order valence-corrected chi connectivity index (χ2v) is 12.4. The van der Waals surface area contributed by atoms with Crippen molar-refractivity contribution >= 4 is 51.6 Å². The fourth-order valence-electron chi connectivity index (χ4n) is 5.08. The number of aromatic carboxylic acids is 1. The fourth-order valence-corrected chi connectivity index (χ4v) is 6.76. The molecule has 12 heteroatoms. The molecule has 1 unspecified atom stereocenters. The highest BCUT2D eigenvalue weighted by Crippen LogP contribution is 2.47. The quantitative estimate of drug-likeness (QED) is 0.286. The SMILES string of the molecule is CC(C)c1ccc(C2C(C#N)=C(N)N(c3nnc(SCC(=O)Nc4ccc(C(=O)O)cc4)s3)C3=C2C(=O)CCC3)cc1. The van der Waals surface area contributed by atoms with Gasteiger partial charge in [-0.15, -0.1) is 10.2 Å². The smallest absolute Gasteiger partial charge is 0.335 e. The Balaban J connectivity index is 1.38. The number of amides is 1. The van der Waals surface area contributed by atoms with Crippen LogP contribution in [-0.2, 0) is 9.59 Å². The van der Waals surface area contributed by atoms with Crippen LogP contribution in [0.2, 0.25) is 0 Å². The number of nitrogens with two attached hydrogens (primary N) is 1. The molecular formula is C30H28N6O4S2. The Morgan fingerprint density at radius 1 is 1.17 bits per heavy atom. The van der Waals surface area contributed by atoms with Crippen LogP contribution in [0.4, 0.5) is 10.8 Å². The fraction of sp³-hybridized carbons (Fsp3) is 0.267. The minimum atomic E-state index is -1.04. The molecule has 2 aromatic carbocycles. The Morgan fingerprint density at radius 2 is 1.88 bits per heavy atom. The van der Waals surface area contributed by atoms with Gasteiger partial charge in [0.05, 0.1) is 28.9 Å². The standard InChI is InChI=1S/C30H28N6O4S2/c1-16(2)17-6-8-18(9-7-17)25-21(14-31)27(32)36(22-4-3-5-23(37)26(22)25)29-34-35-30(42-29)41-15-24(38)33-20-12-10-19(11-13-20)28(39)40/h6-13,16,25H,3-5,15,32H2,1-2H3,(H,33,38)(H,39,40). The lowest BCUT2D eigenvalue weighted by atomic mass is 9.75. The van der Waals surface area contributed by atoms with Gasteiger partial charge in [-0.25, -0.2) is 4.79 Å². The van der Waals surface area contributed by atoms with E-state index in [0.29, 0.717) is 51.5 Å². The average Bonchev–Trinajstić information content (AvgIpc) is 3.44. The number of ketones is 1. The first-order valence-electron chi connectivity index (χ1n) is 13.3. The van der Waals surface area contributed by atoms with Gasteiger partial charge in [0.1, 0.15) is 5.82 Å². The molecule has 214 valence electrons. The number of allylic oxidation sites excluding steroid dienone is 3. The normalized spacial score (nSPS) is 16.9. The van der Waals surface area contributed by atoms with Crippen LogP contribution in [0.15, 0.2) is 75.5 Å². The van der Waals surface area contributed by atoms with Gasteiger partial charge >= 0.3 is 5.97 Å². The third-order valence-electron chi connectivity index (χ3n) is 7.18. The van der Waals surface area contributed by atoms with Crippen LogP contribution in [-0.4, -0.2) is 38.7 Å². The van der Waals surface area contributed by atoms with E-state index in [1.54, 1.807) is 4.90 Å². The van der Waals surface area contributed by atoms with Crippen molar-refractivity contribution in [2.75, 3.05) is 16.0 Å². The zero-order chi connectivity index (χ0) is 30.0. The van der Waals surface area contributed by atoms with Gasteiger partial charge in [-0.3, -0.25) is 14.5 Å². The summed E-state index contributed by atoms with van der Waals surface area (Å²) >= 11 is 2.41. The molecule has 3 aromatic rings. The summed E-state index contributed by atoms with van der Waals surface area (Å²) in [5, 5.41) is 30.9. The number of hydrogen-bond donors (Lipinski definition) is 3. The lowest BCUT2D eigenvalue weighted by Gasteiger charge is -2.38. The summed E-state index contributed by atoms with van der Waals surface area (Å²) in [7, 11) is 0. The third-order valence-corrected chi connectivity index (χ3v) is 9.22. The summed E-state index contributed by atoms with van der Waals surface area (Å²) in [4.78, 5) is 38.5. The van der Waals surface area contributed by atoms with E-state index < -0.39 is 11.9 Å². The molecule has 2 heterocycles. The van der Waals surface area contributed by atoms with Gasteiger partial charge in [-0.1, -0.05) is 61.2 Å². The molecule has 1 aromatic heterocycles. The molecule has 0 saturated carbocycles. The van der Waals surface area contributed by atoms with Gasteiger partial charge in [0, 0.05) is 23.4 Å². The number of thioether (sulfide) groups is 1. The van der Waals surface area contributed by atoms with Crippen LogP contribution in [0.5, 0.6) is 0 Å². The van der Waals surface area contributed by atoms with Crippen molar-refractivity contribution in [1.29, 1.82) is 5.26 Å². The van der Waals surface area contributed by atoms with Crippen molar-refractivity contribution in [2.24, 2.45) is 5.73 Å². The first-order chi connectivity index (χ1) is 20.2. The van der Waals surface area contributed by atoms with E-state index in [1.807, 2.05) is 24.3 Å². The summed E-state index contributed by atoms with van der Waals surface area (Å²) in [6.07, 6.45) is 1.67. The molecule has 1 aliphatic heterocycles. The molecule has 5 rings (SSSR count). The number of carboxylic acids is 1. The number of nitriles is 1. The summed E-state index contributed by atoms with van der Waals surface area (Å²) in [5.41, 5.74) is 10.9. The predicted octanol–water partition coefficient (Wildman–Crippen LogP) is 5.40. The van der Waals surface area contributed by atoms with E-state index in [0.717, 1.165) is 11.3 Å². The number of carbonyl (C=O) groups is 3. The number of hydrogen-bond acceptors (Lipinski definition) is 10. The maximum absolute atomic E-state index is 13.3. The number of carboxylic acid groups (broad SMARTS) is 1. The highest BCUT2D eigenvalue weighted by molar-refractivity contribution is 8.01. The lowest BCUT2D eigenvalue weighted by Crippen LogP contribution is -2.38. The highest BCUT2D eigenvalue weighted by Gasteiger charge is 2.41. The number of aromatic nitrogens is 2. The van der Waals surface area contributed by atoms with Gasteiger partial charge in [-0.2, -0.15) is 5.26 Å². The minimum absolute atomic E-state index is 0.00777. The first-order valence-corrected chi connectivity index (χ1v) is 15.1. The number of anilines is 2. The number of nitrogens with one attached hydrogen (secondary N) is 1. The van der Waals surface area contributed by atoms with Crippen molar-refractivity contribution in [3.8, 4) is 6.07 Å². The molecule has 1 amide bonds. The van der Waals surface area contributed by atoms with Crippen LogP contribution in [0.1, 0.15) is 66.4 Å². The van der Waals surface area contributed by atoms with Gasteiger partial charge < -0.3 is 16.2 Å². The molecule has 4 N–H and O–H groups in total. The van der Waals surface area contributed by atoms with E-state index >= 15 is 0 Å². The molecule has 1 atom stereocenters. The topological polar surface area (TPSA) is 162 Å². The van der Waals surface area contributed by atoms with E-state index in [9.17, 15) is 19.6 Å². The van der Waals surface area contributed by atoms with Crippen LogP contribution in [0, 0.1) is 11.3 Å². The summed E-state index contributed by atoms with van der Waals surface area (Å²) in [6.45, 7) is 4.22. The van der Waals surface area contributed by atoms with Crippen LogP contribution >= 0.6 is 23.1 Å². The van der Waals surface area contributed by atoms with Gasteiger partial charge in [0.15, 0.2) is 10.1 Å². The molecule has 2 aliphatic rings. The molecule has 0 spiro atoms. The van der Waals surface area contributed by atoms with Crippen molar-refractivity contribution < 1.29 is 19.5 Å². The van der Waals surface area contributed by atoms with E-state index in [2.05, 4.69) is 35.4 Å². The Labute approximate surface area is 250 Å². The van der Waals surface area contributed by atoms with E-state index in [-0.39, 0.29) is 28.8 Å². The number of nitrogens with zero attached hydrogens (tertiary/aromatic N) is 4. The van der Waals surface area contributed by atoms with E-state index in [4.69, 9.17) is 10.8 Å². The molecule has 0 bridgehead atoms. The Hall–Kier alpha value is -4.47. The number of rotatable bonds is 8. The number of carbonyl (C=O) groups excluding carboxylic acids is 2. The zero-order valence-corrected chi connectivity index (χ0v) is 24.6. The van der Waals surface area contributed by atoms with Crippen LogP contribution < -0.4 is 16.0 Å². The van der Waals surface area contributed by atoms with Crippen LogP contribution in [0.3, 0.4) is 0 Å². The van der Waals surface area contributed by atoms with E-state index in [1.165, 1.54) is 52.9 Å². The average molecular weight is 601 g/mol. The van der Waals surface area contributed by atoms with Crippen LogP contribution in [0.25, 0.3) is 0 Å². The van der Waals surface area contributed by atoms with Crippen molar-refractivity contribution in [1.82, 2.24) is 10.2 Å². The molecule has 0 fully saturated rings. The van der Waals surface area contributed by atoms with Gasteiger partial charge in [-0.05, 0) is 54.2 Å². The van der Waals surface area contributed by atoms with Crippen molar-refractivity contribution in [3.05, 3.63) is 87.9 Å². The maximum atomic E-state index is 13.3. The molecule has 1 aliphatic carbocycles. The zero-order valence-electron chi connectivity index (χ0n) is 23.0. The predicted molar refractivity (Wildman–Crippen MR) is 161 cm³/mol. The molecule has 10 nitrogen and oxygen atoms in total. The number of Topliss-reactive ketones (excluding diaryl/α,β-unsaturated/α-hetero) is 1. The second kappa shape index (κ2) is 12.2.